The molecule has 1 N–H and O–H groups in total. The Morgan fingerprint density at radius 1 is 1.38 bits per heavy atom. The third-order valence-corrected chi connectivity index (χ3v) is 4.62. The van der Waals surface area contributed by atoms with Gasteiger partial charge >= 0.3 is 0 Å². The summed E-state index contributed by atoms with van der Waals surface area (Å²) in [6.45, 7) is 2.20. The maximum atomic E-state index is 13.1. The van der Waals surface area contributed by atoms with E-state index in [1.54, 1.807) is 0 Å². The standard InChI is InChI=1S/C15H14F2N2OS/c1-8-2-5-12-13(6-8)21-15(18-12)19-14(20)9-3-4-10(16)11(17)7-9/h3-4,7-8H,2,5-6H2,1H3,(H,18,19,20). The van der Waals surface area contributed by atoms with Gasteiger partial charge in [-0.15, -0.1) is 11.3 Å². The monoisotopic (exact) mass is 308 g/mol. The van der Waals surface area contributed by atoms with Gasteiger partial charge in [0.05, 0.1) is 5.69 Å². The van der Waals surface area contributed by atoms with Gasteiger partial charge in [-0.2, -0.15) is 0 Å². The fourth-order valence-electron chi connectivity index (χ4n) is 2.40. The highest BCUT2D eigenvalue weighted by Crippen LogP contribution is 2.32. The van der Waals surface area contributed by atoms with E-state index in [1.165, 1.54) is 22.3 Å². The van der Waals surface area contributed by atoms with Crippen molar-refractivity contribution >= 4 is 22.4 Å². The first-order chi connectivity index (χ1) is 10.0. The van der Waals surface area contributed by atoms with E-state index in [0.717, 1.165) is 37.1 Å². The molecule has 21 heavy (non-hydrogen) atoms. The molecule has 0 spiro atoms. The van der Waals surface area contributed by atoms with Gasteiger partial charge in [-0.25, -0.2) is 13.8 Å². The third-order valence-electron chi connectivity index (χ3n) is 3.59. The number of aryl methyl sites for hydroxylation is 1. The van der Waals surface area contributed by atoms with Crippen LogP contribution in [0.4, 0.5) is 13.9 Å². The van der Waals surface area contributed by atoms with Crippen LogP contribution in [0.3, 0.4) is 0 Å². The van der Waals surface area contributed by atoms with Crippen LogP contribution in [0, 0.1) is 17.6 Å². The van der Waals surface area contributed by atoms with E-state index < -0.39 is 17.5 Å². The molecule has 1 aromatic carbocycles. The smallest absolute Gasteiger partial charge is 0.257 e. The number of anilines is 1. The first-order valence-electron chi connectivity index (χ1n) is 6.78. The number of amides is 1. The van der Waals surface area contributed by atoms with Crippen molar-refractivity contribution in [2.75, 3.05) is 5.32 Å². The van der Waals surface area contributed by atoms with Crippen molar-refractivity contribution in [3.63, 3.8) is 0 Å². The maximum Gasteiger partial charge on any atom is 0.257 e. The highest BCUT2D eigenvalue weighted by molar-refractivity contribution is 7.15. The molecule has 0 radical (unpaired) electrons. The summed E-state index contributed by atoms with van der Waals surface area (Å²) >= 11 is 1.46. The molecule has 0 saturated heterocycles. The van der Waals surface area contributed by atoms with Crippen LogP contribution in [0.15, 0.2) is 18.2 Å². The fourth-order valence-corrected chi connectivity index (χ4v) is 3.57. The normalized spacial score (nSPS) is 17.4. The minimum absolute atomic E-state index is 0.0791. The Balaban J connectivity index is 1.77. The van der Waals surface area contributed by atoms with E-state index in [1.807, 2.05) is 0 Å². The van der Waals surface area contributed by atoms with Gasteiger partial charge in [0.15, 0.2) is 16.8 Å². The van der Waals surface area contributed by atoms with Crippen molar-refractivity contribution in [2.45, 2.75) is 26.2 Å². The lowest BCUT2D eigenvalue weighted by molar-refractivity contribution is 0.102. The number of carbonyl (C=O) groups is 1. The number of carbonyl (C=O) groups excluding carboxylic acids is 1. The predicted molar refractivity (Wildman–Crippen MR) is 77.6 cm³/mol. The van der Waals surface area contributed by atoms with Crippen LogP contribution in [0.1, 0.15) is 34.3 Å². The Morgan fingerprint density at radius 3 is 2.95 bits per heavy atom. The molecule has 0 fully saturated rings. The number of rotatable bonds is 2. The van der Waals surface area contributed by atoms with Gasteiger partial charge < -0.3 is 0 Å². The van der Waals surface area contributed by atoms with E-state index in [2.05, 4.69) is 17.2 Å². The summed E-state index contributed by atoms with van der Waals surface area (Å²) < 4.78 is 26.0. The molecule has 1 atom stereocenters. The summed E-state index contributed by atoms with van der Waals surface area (Å²) in [5.41, 5.74) is 1.12. The van der Waals surface area contributed by atoms with Crippen LogP contribution in [0.5, 0.6) is 0 Å². The molecule has 110 valence electrons. The summed E-state index contributed by atoms with van der Waals surface area (Å²) in [6, 6.07) is 3.09. The van der Waals surface area contributed by atoms with Gasteiger partial charge in [-0.1, -0.05) is 6.92 Å². The molecule has 1 heterocycles. The second-order valence-electron chi connectivity index (χ2n) is 5.32. The zero-order valence-electron chi connectivity index (χ0n) is 11.5. The summed E-state index contributed by atoms with van der Waals surface area (Å²) in [6.07, 6.45) is 3.01. The number of aromatic nitrogens is 1. The van der Waals surface area contributed by atoms with E-state index >= 15 is 0 Å². The maximum absolute atomic E-state index is 13.1. The first kappa shape index (κ1) is 14.1. The van der Waals surface area contributed by atoms with Crippen LogP contribution in [0.25, 0.3) is 0 Å². The predicted octanol–water partition coefficient (Wildman–Crippen LogP) is 3.80. The van der Waals surface area contributed by atoms with Gasteiger partial charge in [0.2, 0.25) is 0 Å². The fraction of sp³-hybridized carbons (Fsp3) is 0.333. The number of hydrogen-bond acceptors (Lipinski definition) is 3. The number of thiazole rings is 1. The average molecular weight is 308 g/mol. The van der Waals surface area contributed by atoms with Gasteiger partial charge in [-0.05, 0) is 43.4 Å². The Bertz CT molecular complexity index is 699. The van der Waals surface area contributed by atoms with Crippen molar-refractivity contribution in [1.29, 1.82) is 0 Å². The van der Waals surface area contributed by atoms with Crippen LogP contribution < -0.4 is 5.32 Å². The molecule has 0 saturated carbocycles. The molecular weight excluding hydrogens is 294 g/mol. The lowest BCUT2D eigenvalue weighted by Gasteiger charge is -2.15. The molecule has 2 aromatic rings. The summed E-state index contributed by atoms with van der Waals surface area (Å²) in [7, 11) is 0. The molecule has 1 unspecified atom stereocenters. The van der Waals surface area contributed by atoms with Crippen molar-refractivity contribution in [1.82, 2.24) is 4.98 Å². The third kappa shape index (κ3) is 2.95. The lowest BCUT2D eigenvalue weighted by Crippen LogP contribution is -2.12. The molecule has 1 aliphatic carbocycles. The zero-order chi connectivity index (χ0) is 15.0. The molecule has 0 bridgehead atoms. The number of halogens is 2. The average Bonchev–Trinajstić information content (AvgIpc) is 2.83. The van der Waals surface area contributed by atoms with Crippen molar-refractivity contribution in [2.24, 2.45) is 5.92 Å². The largest absolute Gasteiger partial charge is 0.298 e. The van der Waals surface area contributed by atoms with Crippen molar-refractivity contribution in [3.05, 3.63) is 46.0 Å². The summed E-state index contributed by atoms with van der Waals surface area (Å²) in [4.78, 5) is 17.6. The number of hydrogen-bond donors (Lipinski definition) is 1. The van der Waals surface area contributed by atoms with Gasteiger partial charge in [-0.3, -0.25) is 10.1 Å². The number of nitrogens with zero attached hydrogens (tertiary/aromatic N) is 1. The van der Waals surface area contributed by atoms with Crippen molar-refractivity contribution in [3.8, 4) is 0 Å². The van der Waals surface area contributed by atoms with Crippen LogP contribution in [-0.4, -0.2) is 10.9 Å². The molecule has 0 aliphatic heterocycles. The Kier molecular flexibility index (Phi) is 3.71. The number of benzene rings is 1. The van der Waals surface area contributed by atoms with Crippen LogP contribution in [0.2, 0.25) is 0 Å². The Labute approximate surface area is 125 Å². The molecular formula is C15H14F2N2OS. The Morgan fingerprint density at radius 2 is 2.19 bits per heavy atom. The van der Waals surface area contributed by atoms with E-state index in [9.17, 15) is 13.6 Å². The lowest BCUT2D eigenvalue weighted by atomic mass is 9.93. The number of fused-ring (bicyclic) bond motifs is 1. The van der Waals surface area contributed by atoms with Crippen LogP contribution in [-0.2, 0) is 12.8 Å². The Hall–Kier alpha value is -1.82. The molecule has 1 amide bonds. The van der Waals surface area contributed by atoms with Gasteiger partial charge in [0, 0.05) is 10.4 Å². The zero-order valence-corrected chi connectivity index (χ0v) is 12.3. The molecule has 3 nitrogen and oxygen atoms in total. The second kappa shape index (κ2) is 5.52. The first-order valence-corrected chi connectivity index (χ1v) is 7.59. The summed E-state index contributed by atoms with van der Waals surface area (Å²) in [5.74, 6) is -1.85. The number of nitrogens with one attached hydrogen (secondary N) is 1. The highest BCUT2D eigenvalue weighted by Gasteiger charge is 2.20. The molecule has 3 rings (SSSR count). The minimum atomic E-state index is -1.03. The van der Waals surface area contributed by atoms with Crippen molar-refractivity contribution < 1.29 is 13.6 Å². The summed E-state index contributed by atoms with van der Waals surface area (Å²) in [5, 5.41) is 3.17. The second-order valence-corrected chi connectivity index (χ2v) is 6.40. The van der Waals surface area contributed by atoms with Gasteiger partial charge in [0.1, 0.15) is 0 Å². The van der Waals surface area contributed by atoms with E-state index in [-0.39, 0.29) is 5.56 Å². The minimum Gasteiger partial charge on any atom is -0.298 e. The van der Waals surface area contributed by atoms with Crippen LogP contribution >= 0.6 is 11.3 Å². The topological polar surface area (TPSA) is 42.0 Å². The SMILES string of the molecule is CC1CCc2nc(NC(=O)c3ccc(F)c(F)c3)sc2C1. The highest BCUT2D eigenvalue weighted by atomic mass is 32.1. The molecule has 1 aromatic heterocycles. The molecule has 1 aliphatic rings. The quantitative estimate of drug-likeness (QED) is 0.917. The van der Waals surface area contributed by atoms with E-state index in [0.29, 0.717) is 11.0 Å². The molecule has 6 heteroatoms. The van der Waals surface area contributed by atoms with E-state index in [4.69, 9.17) is 0 Å². The van der Waals surface area contributed by atoms with Gasteiger partial charge in [0.25, 0.3) is 5.91 Å².